The maximum atomic E-state index is 14.1. The number of para-hydroxylation sites is 1. The van der Waals surface area contributed by atoms with Crippen molar-refractivity contribution in [3.63, 3.8) is 0 Å². The zero-order valence-corrected chi connectivity index (χ0v) is 26.0. The predicted molar refractivity (Wildman–Crippen MR) is 169 cm³/mol. The second kappa shape index (κ2) is 13.2. The molecule has 0 fully saturated rings. The zero-order chi connectivity index (χ0) is 33.1. The Hall–Kier alpha value is -5.63. The molecule has 46 heavy (non-hydrogen) atoms. The Bertz CT molecular complexity index is 2060. The number of benzene rings is 3. The summed E-state index contributed by atoms with van der Waals surface area (Å²) < 4.78 is 18.7. The number of hydrogen-bond acceptors (Lipinski definition) is 11. The van der Waals surface area contributed by atoms with E-state index in [1.165, 1.54) is 42.0 Å². The van der Waals surface area contributed by atoms with Gasteiger partial charge >= 0.3 is 5.97 Å². The fourth-order valence-corrected chi connectivity index (χ4v) is 5.99. The molecule has 0 aliphatic carbocycles. The minimum absolute atomic E-state index is 0.0450. The van der Waals surface area contributed by atoms with E-state index in [-0.39, 0.29) is 28.1 Å². The molecule has 2 heterocycles. The van der Waals surface area contributed by atoms with Crippen molar-refractivity contribution >= 4 is 34.8 Å². The average molecular weight is 645 g/mol. The molecule has 0 N–H and O–H groups in total. The van der Waals surface area contributed by atoms with Crippen LogP contribution in [0.3, 0.4) is 0 Å². The number of nitrogens with zero attached hydrogens (tertiary/aromatic N) is 4. The number of thiazole rings is 1. The van der Waals surface area contributed by atoms with E-state index in [1.54, 1.807) is 63.2 Å². The number of allylic oxidation sites excluding steroid dienone is 1. The van der Waals surface area contributed by atoms with Gasteiger partial charge in [0.2, 0.25) is 0 Å². The highest BCUT2D eigenvalue weighted by molar-refractivity contribution is 7.07. The molecule has 1 atom stereocenters. The van der Waals surface area contributed by atoms with Crippen LogP contribution in [0.4, 0.5) is 11.4 Å². The van der Waals surface area contributed by atoms with Gasteiger partial charge in [-0.3, -0.25) is 29.6 Å². The maximum Gasteiger partial charge on any atom is 0.338 e. The van der Waals surface area contributed by atoms with E-state index < -0.39 is 33.5 Å². The van der Waals surface area contributed by atoms with Crippen LogP contribution >= 0.6 is 11.3 Å². The minimum Gasteiger partial charge on any atom is -0.493 e. The molecule has 5 rings (SSSR count). The monoisotopic (exact) mass is 644 g/mol. The van der Waals surface area contributed by atoms with Gasteiger partial charge < -0.3 is 14.2 Å². The normalized spacial score (nSPS) is 14.5. The number of non-ortho nitro benzene ring substituents is 2. The molecule has 13 nitrogen and oxygen atoms in total. The number of hydrogen-bond donors (Lipinski definition) is 0. The molecule has 4 aromatic rings. The van der Waals surface area contributed by atoms with Gasteiger partial charge in [0.25, 0.3) is 16.9 Å². The molecule has 1 aliphatic rings. The first-order valence-corrected chi connectivity index (χ1v) is 14.8. The van der Waals surface area contributed by atoms with Gasteiger partial charge in [0.1, 0.15) is 6.61 Å². The SMILES string of the molecule is COc1cccc(/C=c2/sc3n(c2=O)[C@H](c2cccc([N+](=O)[O-])c2)C(C(=O)OC(C)C)=C(C)N=3)c1OCc1ccc([N+](=O)[O-])cc1. The van der Waals surface area contributed by atoms with Crippen LogP contribution in [0, 0.1) is 20.2 Å². The summed E-state index contributed by atoms with van der Waals surface area (Å²) in [6.45, 7) is 5.08. The Labute approximate surface area is 265 Å². The van der Waals surface area contributed by atoms with E-state index in [9.17, 15) is 29.8 Å². The molecule has 0 saturated heterocycles. The Kier molecular flexibility index (Phi) is 9.09. The summed E-state index contributed by atoms with van der Waals surface area (Å²) in [5.41, 5.74) is 1.23. The molecule has 0 bridgehead atoms. The number of nitro groups is 2. The average Bonchev–Trinajstić information content (AvgIpc) is 3.33. The third-order valence-corrected chi connectivity index (χ3v) is 8.01. The summed E-state index contributed by atoms with van der Waals surface area (Å²) in [7, 11) is 1.48. The summed E-state index contributed by atoms with van der Waals surface area (Å²) in [5, 5.41) is 22.6. The number of carbonyl (C=O) groups is 1. The fraction of sp³-hybridized carbons (Fsp3) is 0.219. The van der Waals surface area contributed by atoms with Gasteiger partial charge in [0.05, 0.1) is 44.9 Å². The van der Waals surface area contributed by atoms with Crippen molar-refractivity contribution in [1.29, 1.82) is 0 Å². The first kappa shape index (κ1) is 31.8. The second-order valence-electron chi connectivity index (χ2n) is 10.5. The molecule has 1 aromatic heterocycles. The van der Waals surface area contributed by atoms with Crippen molar-refractivity contribution in [3.05, 3.63) is 135 Å². The predicted octanol–water partition coefficient (Wildman–Crippen LogP) is 4.59. The van der Waals surface area contributed by atoms with Crippen molar-refractivity contribution in [2.24, 2.45) is 4.99 Å². The summed E-state index contributed by atoms with van der Waals surface area (Å²) in [4.78, 5) is 53.9. The number of methoxy groups -OCH3 is 1. The van der Waals surface area contributed by atoms with Gasteiger partial charge in [0.15, 0.2) is 16.3 Å². The highest BCUT2D eigenvalue weighted by Crippen LogP contribution is 2.34. The molecule has 3 aromatic carbocycles. The lowest BCUT2D eigenvalue weighted by Crippen LogP contribution is -2.40. The smallest absolute Gasteiger partial charge is 0.338 e. The van der Waals surface area contributed by atoms with E-state index in [0.29, 0.717) is 38.7 Å². The van der Waals surface area contributed by atoms with Crippen LogP contribution in [0.25, 0.3) is 6.08 Å². The van der Waals surface area contributed by atoms with Crippen molar-refractivity contribution in [3.8, 4) is 11.5 Å². The third kappa shape index (κ3) is 6.42. The van der Waals surface area contributed by atoms with Gasteiger partial charge in [-0.1, -0.05) is 35.6 Å². The number of aromatic nitrogens is 1. The highest BCUT2D eigenvalue weighted by Gasteiger charge is 2.34. The molecule has 0 radical (unpaired) electrons. The molecule has 0 amide bonds. The molecular weight excluding hydrogens is 616 g/mol. The molecule has 0 spiro atoms. The molecule has 1 aliphatic heterocycles. The maximum absolute atomic E-state index is 14.1. The zero-order valence-electron chi connectivity index (χ0n) is 25.2. The first-order valence-electron chi connectivity index (χ1n) is 14.0. The fourth-order valence-electron chi connectivity index (χ4n) is 4.96. The van der Waals surface area contributed by atoms with E-state index in [1.807, 2.05) is 0 Å². The van der Waals surface area contributed by atoms with Crippen LogP contribution in [0.1, 0.15) is 43.5 Å². The van der Waals surface area contributed by atoms with E-state index in [2.05, 4.69) is 4.99 Å². The van der Waals surface area contributed by atoms with E-state index >= 15 is 0 Å². The van der Waals surface area contributed by atoms with Gasteiger partial charge in [-0.15, -0.1) is 0 Å². The summed E-state index contributed by atoms with van der Waals surface area (Å²) in [6.07, 6.45) is 1.16. The van der Waals surface area contributed by atoms with Crippen LogP contribution in [-0.4, -0.2) is 33.6 Å². The lowest BCUT2D eigenvalue weighted by molar-refractivity contribution is -0.385. The van der Waals surface area contributed by atoms with Gasteiger partial charge in [0, 0.05) is 29.8 Å². The lowest BCUT2D eigenvalue weighted by atomic mass is 9.95. The van der Waals surface area contributed by atoms with Crippen molar-refractivity contribution in [2.75, 3.05) is 7.11 Å². The third-order valence-electron chi connectivity index (χ3n) is 7.03. The standard InChI is InChI=1S/C32H28N4O9S/c1-18(2)45-31(38)27-19(3)33-32-34(28(27)21-7-5-9-24(15-21)36(41)42)30(37)26(46-32)16-22-8-6-10-25(43-4)29(22)44-17-20-11-13-23(14-12-20)35(39)40/h5-16,18,28H,17H2,1-4H3/b26-16+/t28-/m1/s1. The quantitative estimate of drug-likeness (QED) is 0.136. The summed E-state index contributed by atoms with van der Waals surface area (Å²) >= 11 is 1.09. The Balaban J connectivity index is 1.62. The summed E-state index contributed by atoms with van der Waals surface area (Å²) in [6, 6.07) is 15.8. The number of esters is 1. The minimum atomic E-state index is -1.03. The van der Waals surface area contributed by atoms with Crippen molar-refractivity contribution < 1.29 is 28.9 Å². The van der Waals surface area contributed by atoms with Gasteiger partial charge in [-0.25, -0.2) is 9.79 Å². The van der Waals surface area contributed by atoms with Crippen LogP contribution < -0.4 is 24.4 Å². The number of rotatable bonds is 10. The van der Waals surface area contributed by atoms with Crippen molar-refractivity contribution in [1.82, 2.24) is 4.57 Å². The Morgan fingerprint density at radius 1 is 1.04 bits per heavy atom. The Morgan fingerprint density at radius 2 is 1.74 bits per heavy atom. The number of fused-ring (bicyclic) bond motifs is 1. The van der Waals surface area contributed by atoms with Crippen molar-refractivity contribution in [2.45, 2.75) is 39.5 Å². The topological polar surface area (TPSA) is 165 Å². The second-order valence-corrected chi connectivity index (χ2v) is 11.5. The van der Waals surface area contributed by atoms with Crippen LogP contribution in [0.15, 0.2) is 87.8 Å². The largest absolute Gasteiger partial charge is 0.493 e. The molecule has 0 unspecified atom stereocenters. The molecule has 236 valence electrons. The lowest BCUT2D eigenvalue weighted by Gasteiger charge is -2.25. The van der Waals surface area contributed by atoms with E-state index in [4.69, 9.17) is 14.2 Å². The van der Waals surface area contributed by atoms with Gasteiger partial charge in [-0.2, -0.15) is 0 Å². The Morgan fingerprint density at radius 3 is 2.39 bits per heavy atom. The first-order chi connectivity index (χ1) is 22.0. The van der Waals surface area contributed by atoms with Crippen LogP contribution in [-0.2, 0) is 16.1 Å². The number of nitro benzene ring substituents is 2. The molecule has 0 saturated carbocycles. The number of carbonyl (C=O) groups excluding carboxylic acids is 1. The summed E-state index contributed by atoms with van der Waals surface area (Å²) in [5.74, 6) is 0.0473. The highest BCUT2D eigenvalue weighted by atomic mass is 32.1. The van der Waals surface area contributed by atoms with E-state index in [0.717, 1.165) is 11.3 Å². The van der Waals surface area contributed by atoms with Crippen LogP contribution in [0.5, 0.6) is 11.5 Å². The van der Waals surface area contributed by atoms with Gasteiger partial charge in [-0.05, 0) is 56.2 Å². The van der Waals surface area contributed by atoms with Crippen LogP contribution in [0.2, 0.25) is 0 Å². The molecule has 14 heteroatoms. The number of ether oxygens (including phenoxy) is 3. The molecular formula is C32H28N4O9S.